The predicted octanol–water partition coefficient (Wildman–Crippen LogP) is 11.8. The molecule has 3 nitrogen and oxygen atoms in total. The second kappa shape index (κ2) is 10.3. The number of hydrogen-bond donors (Lipinski definition) is 0. The molecule has 45 heavy (non-hydrogen) atoms. The average Bonchev–Trinajstić information content (AvgIpc) is 3.65. The zero-order valence-corrected chi connectivity index (χ0v) is 24.5. The first-order valence-corrected chi connectivity index (χ1v) is 15.3. The molecule has 0 saturated carbocycles. The molecule has 0 N–H and O–H groups in total. The Labute approximate surface area is 260 Å². The Morgan fingerprint density at radius 3 is 1.60 bits per heavy atom. The smallest absolute Gasteiger partial charge is 0.143 e. The van der Waals surface area contributed by atoms with Gasteiger partial charge >= 0.3 is 0 Å². The Hall–Kier alpha value is -6.06. The van der Waals surface area contributed by atoms with Crippen LogP contribution < -0.4 is 4.90 Å². The topological polar surface area (TPSA) is 21.3 Å². The van der Waals surface area contributed by atoms with Crippen molar-refractivity contribution in [2.75, 3.05) is 4.90 Å². The normalized spacial score (nSPS) is 11.6. The molecule has 7 aromatic carbocycles. The SMILES string of the molecule is c1ccc(N(c2ccccc2)c2cc(-c3ccccc3-n3c4ccccc4c4ccccc43)c3oc4ccccc4c3c2)cc1. The van der Waals surface area contributed by atoms with Gasteiger partial charge in [-0.25, -0.2) is 0 Å². The molecule has 2 heterocycles. The number of aromatic nitrogens is 1. The van der Waals surface area contributed by atoms with Crippen molar-refractivity contribution in [1.82, 2.24) is 4.57 Å². The lowest BCUT2D eigenvalue weighted by molar-refractivity contribution is 0.670. The molecule has 0 amide bonds. The van der Waals surface area contributed by atoms with Crippen molar-refractivity contribution in [2.45, 2.75) is 0 Å². The Bertz CT molecular complexity index is 2400. The van der Waals surface area contributed by atoms with E-state index in [1.807, 2.05) is 6.07 Å². The van der Waals surface area contributed by atoms with Gasteiger partial charge < -0.3 is 13.9 Å². The molecule has 0 atom stereocenters. The Balaban J connectivity index is 1.38. The number of para-hydroxylation sites is 6. The predicted molar refractivity (Wildman–Crippen MR) is 188 cm³/mol. The summed E-state index contributed by atoms with van der Waals surface area (Å²) >= 11 is 0. The number of fused-ring (bicyclic) bond motifs is 6. The molecular weight excluding hydrogens is 548 g/mol. The highest BCUT2D eigenvalue weighted by molar-refractivity contribution is 6.13. The van der Waals surface area contributed by atoms with E-state index in [-0.39, 0.29) is 0 Å². The van der Waals surface area contributed by atoms with Crippen molar-refractivity contribution >= 4 is 60.8 Å². The zero-order valence-electron chi connectivity index (χ0n) is 24.5. The number of nitrogens with zero attached hydrogens (tertiary/aromatic N) is 2. The number of hydrogen-bond acceptors (Lipinski definition) is 2. The van der Waals surface area contributed by atoms with Gasteiger partial charge in [-0.1, -0.05) is 109 Å². The lowest BCUT2D eigenvalue weighted by Crippen LogP contribution is -2.10. The number of rotatable bonds is 5. The summed E-state index contributed by atoms with van der Waals surface area (Å²) in [5.74, 6) is 0. The molecule has 9 aromatic rings. The van der Waals surface area contributed by atoms with Gasteiger partial charge in [-0.15, -0.1) is 0 Å². The second-order valence-electron chi connectivity index (χ2n) is 11.4. The van der Waals surface area contributed by atoms with Crippen molar-refractivity contribution in [3.63, 3.8) is 0 Å². The van der Waals surface area contributed by atoms with Crippen LogP contribution in [0.3, 0.4) is 0 Å². The molecule has 0 unspecified atom stereocenters. The standard InChI is InChI=1S/C42H28N2O/c1-3-15-29(16-4-1)43(30-17-5-2-6-18-30)31-27-36(42-37(28-31)35-22-10-14-26-41(35)45-42)34-21-9-13-25-40(34)44-38-23-11-7-19-32(38)33-20-8-12-24-39(33)44/h1-28H. The highest BCUT2D eigenvalue weighted by Gasteiger charge is 2.22. The van der Waals surface area contributed by atoms with Gasteiger partial charge in [0.05, 0.1) is 16.7 Å². The van der Waals surface area contributed by atoms with Gasteiger partial charge in [-0.3, -0.25) is 0 Å². The van der Waals surface area contributed by atoms with Gasteiger partial charge in [0.15, 0.2) is 0 Å². The van der Waals surface area contributed by atoms with Crippen molar-refractivity contribution in [3.8, 4) is 16.8 Å². The maximum Gasteiger partial charge on any atom is 0.143 e. The van der Waals surface area contributed by atoms with E-state index in [0.29, 0.717) is 0 Å². The Morgan fingerprint density at radius 1 is 0.400 bits per heavy atom. The maximum absolute atomic E-state index is 6.70. The summed E-state index contributed by atoms with van der Waals surface area (Å²) < 4.78 is 9.10. The van der Waals surface area contributed by atoms with Crippen LogP contribution in [0.4, 0.5) is 17.1 Å². The first-order chi connectivity index (χ1) is 22.3. The molecular formula is C42H28N2O. The van der Waals surface area contributed by atoms with Crippen LogP contribution in [-0.2, 0) is 0 Å². The fraction of sp³-hybridized carbons (Fsp3) is 0. The lowest BCUT2D eigenvalue weighted by atomic mass is 9.98. The van der Waals surface area contributed by atoms with Gasteiger partial charge in [0.25, 0.3) is 0 Å². The van der Waals surface area contributed by atoms with Crippen molar-refractivity contribution in [3.05, 3.63) is 170 Å². The fourth-order valence-corrected chi connectivity index (χ4v) is 6.82. The molecule has 0 spiro atoms. The molecule has 0 bridgehead atoms. The van der Waals surface area contributed by atoms with Crippen LogP contribution in [0.1, 0.15) is 0 Å². The van der Waals surface area contributed by atoms with Crippen molar-refractivity contribution in [1.29, 1.82) is 0 Å². The minimum absolute atomic E-state index is 0.881. The molecule has 9 rings (SSSR count). The third-order valence-electron chi connectivity index (χ3n) is 8.77. The van der Waals surface area contributed by atoms with E-state index in [9.17, 15) is 0 Å². The van der Waals surface area contributed by atoms with Crippen LogP contribution in [0.25, 0.3) is 60.6 Å². The third-order valence-corrected chi connectivity index (χ3v) is 8.77. The van der Waals surface area contributed by atoms with Crippen molar-refractivity contribution < 1.29 is 4.42 Å². The van der Waals surface area contributed by atoms with E-state index >= 15 is 0 Å². The molecule has 212 valence electrons. The fourth-order valence-electron chi connectivity index (χ4n) is 6.82. The number of furan rings is 1. The van der Waals surface area contributed by atoms with E-state index in [2.05, 4.69) is 173 Å². The highest BCUT2D eigenvalue weighted by atomic mass is 16.3. The maximum atomic E-state index is 6.70. The monoisotopic (exact) mass is 576 g/mol. The number of anilines is 3. The molecule has 0 radical (unpaired) electrons. The minimum atomic E-state index is 0.881. The van der Waals surface area contributed by atoms with Gasteiger partial charge in [-0.2, -0.15) is 0 Å². The quantitative estimate of drug-likeness (QED) is 0.203. The minimum Gasteiger partial charge on any atom is -0.455 e. The molecule has 0 aliphatic rings. The summed E-state index contributed by atoms with van der Waals surface area (Å²) in [4.78, 5) is 2.33. The Kier molecular flexibility index (Phi) is 5.82. The summed E-state index contributed by atoms with van der Waals surface area (Å²) in [7, 11) is 0. The lowest BCUT2D eigenvalue weighted by Gasteiger charge is -2.26. The van der Waals surface area contributed by atoms with E-state index < -0.39 is 0 Å². The molecule has 0 aliphatic carbocycles. The molecule has 0 fully saturated rings. The van der Waals surface area contributed by atoms with E-state index in [4.69, 9.17) is 4.42 Å². The summed E-state index contributed by atoms with van der Waals surface area (Å²) in [6.07, 6.45) is 0. The molecule has 3 heteroatoms. The van der Waals surface area contributed by atoms with E-state index in [0.717, 1.165) is 55.8 Å². The summed E-state index contributed by atoms with van der Waals surface area (Å²) in [6.45, 7) is 0. The van der Waals surface area contributed by atoms with E-state index in [1.54, 1.807) is 0 Å². The van der Waals surface area contributed by atoms with Crippen LogP contribution in [0.5, 0.6) is 0 Å². The molecule has 0 aliphatic heterocycles. The second-order valence-corrected chi connectivity index (χ2v) is 11.4. The van der Waals surface area contributed by atoms with Crippen LogP contribution >= 0.6 is 0 Å². The summed E-state index contributed by atoms with van der Waals surface area (Å²) in [6, 6.07) is 60.1. The van der Waals surface area contributed by atoms with Crippen LogP contribution in [0.2, 0.25) is 0 Å². The largest absolute Gasteiger partial charge is 0.455 e. The Morgan fingerprint density at radius 2 is 0.933 bits per heavy atom. The van der Waals surface area contributed by atoms with Crippen LogP contribution in [0, 0.1) is 0 Å². The third kappa shape index (κ3) is 4.05. The van der Waals surface area contributed by atoms with Gasteiger partial charge in [0.2, 0.25) is 0 Å². The molecule has 2 aromatic heterocycles. The van der Waals surface area contributed by atoms with Crippen LogP contribution in [0.15, 0.2) is 174 Å². The average molecular weight is 577 g/mol. The van der Waals surface area contributed by atoms with Crippen LogP contribution in [-0.4, -0.2) is 4.57 Å². The van der Waals surface area contributed by atoms with Crippen molar-refractivity contribution in [2.24, 2.45) is 0 Å². The van der Waals surface area contributed by atoms with E-state index in [1.165, 1.54) is 21.8 Å². The first-order valence-electron chi connectivity index (χ1n) is 15.3. The van der Waals surface area contributed by atoms with Gasteiger partial charge in [0.1, 0.15) is 11.2 Å². The van der Waals surface area contributed by atoms with Gasteiger partial charge in [0, 0.05) is 49.7 Å². The summed E-state index contributed by atoms with van der Waals surface area (Å²) in [5, 5.41) is 4.67. The van der Waals surface area contributed by atoms with Gasteiger partial charge in [-0.05, 0) is 60.7 Å². The summed E-state index contributed by atoms with van der Waals surface area (Å²) in [5.41, 5.74) is 10.6. The zero-order chi connectivity index (χ0) is 29.7. The first kappa shape index (κ1) is 25.4. The highest BCUT2D eigenvalue weighted by Crippen LogP contribution is 2.45. The molecule has 0 saturated heterocycles. The number of benzene rings is 7.